The van der Waals surface area contributed by atoms with Gasteiger partial charge in [-0.1, -0.05) is 175 Å². The third-order valence-corrected chi connectivity index (χ3v) is 20.3. The Morgan fingerprint density at radius 3 is 1.81 bits per heavy atom. The summed E-state index contributed by atoms with van der Waals surface area (Å²) in [5, 5.41) is 29.1. The standard InChI is InChI=1S/C18H25NO2.C15H15ClO.C14H13F3N4O2.C14H26N2O2.C13H15Cl2NO2.C11H15NO.C9H11NO2/c1-15(20)7-8-18(21)13-16-9-11-19(12-10-16)14-17-5-3-2-4-6-17;1-11(17)2-3-12-4-5-14(10-12)13-6-8-15(16)9-7-13;1-8(22)7-18-13(23)12-9(2)21(20-19-12)11-5-3-4-10(6-11)14(15,16)17;1-12(17)8-4-3-7-11-15-14(18)16-13-9-5-2-6-10-13;1-8(3-9(2)17)4-13(18)16-12-6-10(14)5-11(15)7-12;1-9(13)5-6-10-3-2-4-11(7-10)8-12;1-6(11)9(10)7-3-2-4-8(12)5-7/h2-6,16H,7-14H2,1H3;4-9H,2-3,10H2,1H3;3-6H,7H2,1-2H3,(H,18,23);13H,2-11H2,1H3,(H2,15,16,18);5-8H,3-4H2,1-2H3,(H,16,18);2-4,7H,5-6,8,12H2,1H3;2-5,9,12H,10H2,1H3. The summed E-state index contributed by atoms with van der Waals surface area (Å²) in [7, 11) is 0. The van der Waals surface area contributed by atoms with Gasteiger partial charge in [0.2, 0.25) is 5.91 Å². The van der Waals surface area contributed by atoms with Gasteiger partial charge in [0.1, 0.15) is 46.2 Å². The maximum absolute atomic E-state index is 12.8. The number of aromatic nitrogens is 3. The van der Waals surface area contributed by atoms with Gasteiger partial charge in [0.25, 0.3) is 5.91 Å². The number of unbranched alkanes of at least 4 members (excludes halogenated alkanes) is 2. The fourth-order valence-electron chi connectivity index (χ4n) is 13.0. The van der Waals surface area contributed by atoms with E-state index in [1.54, 1.807) is 58.0 Å². The molecule has 1 saturated heterocycles. The van der Waals surface area contributed by atoms with Crippen molar-refractivity contribution < 1.29 is 71.0 Å². The van der Waals surface area contributed by atoms with Crippen molar-refractivity contribution in [1.82, 2.24) is 35.8 Å². The summed E-state index contributed by atoms with van der Waals surface area (Å²) in [6.45, 7) is 18.3. The molecule has 1 aliphatic heterocycles. The largest absolute Gasteiger partial charge is 0.508 e. The van der Waals surface area contributed by atoms with Crippen LogP contribution < -0.4 is 32.7 Å². The van der Waals surface area contributed by atoms with Crippen molar-refractivity contribution in [1.29, 1.82) is 0 Å². The van der Waals surface area contributed by atoms with Gasteiger partial charge in [0, 0.05) is 97.8 Å². The average Bonchev–Trinajstić information content (AvgIpc) is 1.65. The molecule has 2 unspecified atom stereocenters. The van der Waals surface area contributed by atoms with Crippen LogP contribution in [0.3, 0.4) is 0 Å². The third-order valence-electron chi connectivity index (χ3n) is 19.6. The highest BCUT2D eigenvalue weighted by Gasteiger charge is 2.31. The number of anilines is 1. The van der Waals surface area contributed by atoms with Crippen LogP contribution >= 0.6 is 34.8 Å². The van der Waals surface area contributed by atoms with Crippen molar-refractivity contribution in [3.63, 3.8) is 0 Å². The van der Waals surface area contributed by atoms with Gasteiger partial charge in [-0.05, 0) is 232 Å². The molecule has 1 aromatic heterocycles. The summed E-state index contributed by atoms with van der Waals surface area (Å²) in [6.07, 6.45) is 17.6. The molecule has 1 saturated carbocycles. The number of urea groups is 1. The van der Waals surface area contributed by atoms with Crippen LogP contribution in [-0.2, 0) is 68.8 Å². The summed E-state index contributed by atoms with van der Waals surface area (Å²) in [6, 6.07) is 42.0. The predicted octanol–water partition coefficient (Wildman–Crippen LogP) is 18.9. The topological polar surface area (TPSA) is 342 Å². The number of allylic oxidation sites excluding steroid dienone is 4. The number of aromatic hydroxyl groups is 1. The third kappa shape index (κ3) is 44.6. The summed E-state index contributed by atoms with van der Waals surface area (Å²) in [4.78, 5) is 125. The molecule has 0 spiro atoms. The number of halogens is 6. The van der Waals surface area contributed by atoms with Gasteiger partial charge >= 0.3 is 12.2 Å². The van der Waals surface area contributed by atoms with Crippen LogP contribution in [0.5, 0.6) is 5.75 Å². The molecule has 122 heavy (non-hydrogen) atoms. The lowest BCUT2D eigenvalue weighted by molar-refractivity contribution is -0.137. The molecule has 2 heterocycles. The zero-order valence-electron chi connectivity index (χ0n) is 71.6. The van der Waals surface area contributed by atoms with Gasteiger partial charge in [-0.2, -0.15) is 13.2 Å². The number of hydrogen-bond donors (Lipinski definition) is 7. The van der Waals surface area contributed by atoms with E-state index in [4.69, 9.17) is 51.4 Å². The van der Waals surface area contributed by atoms with Gasteiger partial charge in [0.05, 0.1) is 29.5 Å². The normalized spacial score (nSPS) is 13.5. The van der Waals surface area contributed by atoms with E-state index in [0.29, 0.717) is 97.7 Å². The van der Waals surface area contributed by atoms with Crippen LogP contribution in [0.4, 0.5) is 23.7 Å². The van der Waals surface area contributed by atoms with Gasteiger partial charge in [-0.3, -0.25) is 28.9 Å². The van der Waals surface area contributed by atoms with E-state index in [0.717, 1.165) is 111 Å². The van der Waals surface area contributed by atoms with E-state index in [1.807, 2.05) is 55.5 Å². The number of phenolic OH excluding ortho intramolecular Hbond substituents is 1. The molecule has 4 amide bonds. The Balaban J connectivity index is 0.000000302. The van der Waals surface area contributed by atoms with Crippen molar-refractivity contribution in [2.24, 2.45) is 23.3 Å². The molecule has 660 valence electrons. The molecule has 0 bridgehead atoms. The summed E-state index contributed by atoms with van der Waals surface area (Å²) >= 11 is 17.5. The highest BCUT2D eigenvalue weighted by Crippen LogP contribution is 2.33. The lowest BCUT2D eigenvalue weighted by Crippen LogP contribution is -2.43. The first kappa shape index (κ1) is 104. The minimum atomic E-state index is -4.48. The maximum atomic E-state index is 12.8. The molecule has 6 aromatic carbocycles. The highest BCUT2D eigenvalue weighted by atomic mass is 35.5. The number of nitrogens with one attached hydrogen (secondary N) is 4. The maximum Gasteiger partial charge on any atom is 0.416 e. The zero-order valence-corrected chi connectivity index (χ0v) is 73.8. The molecule has 2 fully saturated rings. The first-order valence-corrected chi connectivity index (χ1v) is 42.4. The number of aryl methyl sites for hydroxylation is 1. The number of nitrogens with zero attached hydrogens (tertiary/aromatic N) is 4. The molecule has 10 rings (SSSR count). The lowest BCUT2D eigenvalue weighted by atomic mass is 9.90. The van der Waals surface area contributed by atoms with Crippen LogP contribution in [0, 0.1) is 18.8 Å². The Labute approximate surface area is 730 Å². The van der Waals surface area contributed by atoms with Crippen LogP contribution in [-0.4, -0.2) is 121 Å². The number of nitrogens with two attached hydrogens (primary N) is 2. The average molecular weight is 1750 g/mol. The van der Waals surface area contributed by atoms with Crippen LogP contribution in [0.15, 0.2) is 163 Å². The number of alkyl halides is 3. The molecule has 2 atom stereocenters. The summed E-state index contributed by atoms with van der Waals surface area (Å²) < 4.78 is 39.4. The molecule has 22 nitrogen and oxygen atoms in total. The predicted molar refractivity (Wildman–Crippen MR) is 476 cm³/mol. The Morgan fingerprint density at radius 1 is 0.598 bits per heavy atom. The highest BCUT2D eigenvalue weighted by molar-refractivity contribution is 6.35. The smallest absolute Gasteiger partial charge is 0.416 e. The number of benzene rings is 6. The second-order valence-corrected chi connectivity index (χ2v) is 32.3. The van der Waals surface area contributed by atoms with Crippen molar-refractivity contribution in [3.8, 4) is 11.4 Å². The number of carbonyl (C=O) groups excluding carboxylic acids is 11. The van der Waals surface area contributed by atoms with Crippen molar-refractivity contribution in [2.75, 3.05) is 31.5 Å². The number of hydrogen-bond acceptors (Lipinski definition) is 17. The second kappa shape index (κ2) is 56.5. The lowest BCUT2D eigenvalue weighted by Gasteiger charge is -2.31. The first-order chi connectivity index (χ1) is 57.8. The number of likely N-dealkylation sites (tertiary alicyclic amines) is 1. The van der Waals surface area contributed by atoms with Crippen molar-refractivity contribution in [3.05, 3.63) is 223 Å². The van der Waals surface area contributed by atoms with Gasteiger partial charge in [-0.25, -0.2) is 9.48 Å². The fraction of sp³-hybridized carbons (Fsp3) is 0.436. The second-order valence-electron chi connectivity index (χ2n) is 31.0. The number of carbonyl (C=O) groups is 11. The van der Waals surface area contributed by atoms with E-state index >= 15 is 0 Å². The SMILES string of the molecule is CC(=O)C(N)c1cccc(O)c1.CC(=O)CC(C)CC(=O)Nc1cc(Cl)cc(Cl)c1.CC(=O)CCC(=O)CC1CCN(Cc2ccccc2)CC1.CC(=O)CCC1=CC=C(c2ccc(Cl)cc2)C1.CC(=O)CCCCCNC(=O)NC1CCCCC1.CC(=O)CCc1cccc(CN)c1.CC(=O)CNC(=O)c1nnn(-c2cccc(C(F)(F)F)c2)c1C. The molecule has 28 heteroatoms. The van der Waals surface area contributed by atoms with Gasteiger partial charge in [0.15, 0.2) is 11.5 Å². The van der Waals surface area contributed by atoms with E-state index in [9.17, 15) is 65.9 Å². The Morgan fingerprint density at radius 2 is 1.21 bits per heavy atom. The molecular formula is C94H120Cl3F3N10O12. The van der Waals surface area contributed by atoms with E-state index in [-0.39, 0.29) is 93.5 Å². The number of amides is 4. The van der Waals surface area contributed by atoms with E-state index in [2.05, 4.69) is 79.0 Å². The van der Waals surface area contributed by atoms with Gasteiger partial charge in [-0.15, -0.1) is 5.10 Å². The summed E-state index contributed by atoms with van der Waals surface area (Å²) in [5.41, 5.74) is 19.3. The quantitative estimate of drug-likeness (QED) is 0.0188. The number of rotatable bonds is 33. The molecule has 3 aliphatic rings. The molecule has 7 aromatic rings. The van der Waals surface area contributed by atoms with Crippen molar-refractivity contribution in [2.45, 2.75) is 229 Å². The fourth-order valence-corrected chi connectivity index (χ4v) is 13.7. The first-order valence-electron chi connectivity index (χ1n) is 41.3. The summed E-state index contributed by atoms with van der Waals surface area (Å²) in [5.74, 6) is 0.744. The number of piperidine rings is 1. The van der Waals surface area contributed by atoms with E-state index < -0.39 is 23.7 Å². The van der Waals surface area contributed by atoms with Crippen LogP contribution in [0.1, 0.15) is 239 Å². The van der Waals surface area contributed by atoms with Crippen LogP contribution in [0.25, 0.3) is 11.3 Å². The van der Waals surface area contributed by atoms with Crippen molar-refractivity contribution >= 4 is 110 Å². The number of ketones is 8. The zero-order chi connectivity index (χ0) is 90.3. The Bertz CT molecular complexity index is 4580. The van der Waals surface area contributed by atoms with E-state index in [1.165, 1.54) is 99.1 Å². The van der Waals surface area contributed by atoms with Gasteiger partial charge < -0.3 is 61.8 Å². The van der Waals surface area contributed by atoms with Crippen LogP contribution in [0.2, 0.25) is 15.1 Å². The minimum Gasteiger partial charge on any atom is -0.508 e. The number of phenols is 1. The molecule has 0 radical (unpaired) electrons. The molecular weight excluding hydrogens is 1620 g/mol. The molecule has 9 N–H and O–H groups in total. The Kier molecular flexibility index (Phi) is 48.3. The minimum absolute atomic E-state index is 0.0251. The molecule has 2 aliphatic carbocycles. The Hall–Kier alpha value is -10.2. The number of Topliss-reactive ketones (excluding diaryl/α,β-unsaturated/α-hetero) is 8. The monoisotopic (exact) mass is 1740 g/mol.